The van der Waals surface area contributed by atoms with Crippen molar-refractivity contribution >= 4 is 34.6 Å². The van der Waals surface area contributed by atoms with Gasteiger partial charge in [-0.15, -0.1) is 0 Å². The number of fused-ring (bicyclic) bond motifs is 1. The monoisotopic (exact) mass is 475 g/mol. The molecule has 5 atom stereocenters. The van der Waals surface area contributed by atoms with Gasteiger partial charge in [0.2, 0.25) is 17.7 Å². The van der Waals surface area contributed by atoms with Gasteiger partial charge in [0.25, 0.3) is 0 Å². The molecule has 0 saturated carbocycles. The topological polar surface area (TPSA) is 187 Å². The summed E-state index contributed by atoms with van der Waals surface area (Å²) in [5.41, 5.74) is 7.55. The summed E-state index contributed by atoms with van der Waals surface area (Å²) in [6.45, 7) is 6.10. The van der Waals surface area contributed by atoms with E-state index in [0.717, 1.165) is 16.5 Å². The lowest BCUT2D eigenvalue weighted by atomic mass is 10.0. The SMILES string of the molecule is CC(NC(=O)C(NC(=O)C(Cc1c[nH]c2ccccc12)NC(=O)C(N)C(C)C)C(C)O)C(=O)O. The number of nitrogens with two attached hydrogens (primary N) is 1. The summed E-state index contributed by atoms with van der Waals surface area (Å²) in [5.74, 6) is -3.57. The molecule has 0 fully saturated rings. The van der Waals surface area contributed by atoms with Crippen molar-refractivity contribution < 1.29 is 29.4 Å². The van der Waals surface area contributed by atoms with Gasteiger partial charge in [0.1, 0.15) is 18.1 Å². The number of aliphatic carboxylic acids is 1. The van der Waals surface area contributed by atoms with Gasteiger partial charge in [-0.2, -0.15) is 0 Å². The Hall–Kier alpha value is -3.44. The minimum Gasteiger partial charge on any atom is -0.480 e. The lowest BCUT2D eigenvalue weighted by molar-refractivity contribution is -0.142. The highest BCUT2D eigenvalue weighted by Crippen LogP contribution is 2.19. The number of carboxylic acids is 1. The number of para-hydroxylation sites is 1. The van der Waals surface area contributed by atoms with E-state index in [2.05, 4.69) is 20.9 Å². The summed E-state index contributed by atoms with van der Waals surface area (Å²) in [6.07, 6.45) is 0.492. The lowest BCUT2D eigenvalue weighted by Gasteiger charge is -2.26. The van der Waals surface area contributed by atoms with E-state index in [1.54, 1.807) is 20.0 Å². The van der Waals surface area contributed by atoms with Crippen LogP contribution in [0.5, 0.6) is 0 Å². The van der Waals surface area contributed by atoms with Crippen LogP contribution in [0.3, 0.4) is 0 Å². The Morgan fingerprint density at radius 2 is 1.62 bits per heavy atom. The third kappa shape index (κ3) is 6.78. The predicted molar refractivity (Wildman–Crippen MR) is 126 cm³/mol. The first kappa shape index (κ1) is 26.8. The Morgan fingerprint density at radius 3 is 2.21 bits per heavy atom. The smallest absolute Gasteiger partial charge is 0.325 e. The summed E-state index contributed by atoms with van der Waals surface area (Å²) in [6, 6.07) is 2.83. The maximum Gasteiger partial charge on any atom is 0.325 e. The molecule has 0 bridgehead atoms. The fraction of sp³-hybridized carbons (Fsp3) is 0.478. The fourth-order valence-electron chi connectivity index (χ4n) is 3.32. The molecule has 1 heterocycles. The van der Waals surface area contributed by atoms with Crippen LogP contribution in [0.4, 0.5) is 0 Å². The molecule has 186 valence electrons. The van der Waals surface area contributed by atoms with Crippen molar-refractivity contribution in [3.63, 3.8) is 0 Å². The number of carbonyl (C=O) groups excluding carboxylic acids is 3. The van der Waals surface area contributed by atoms with Crippen molar-refractivity contribution in [2.24, 2.45) is 11.7 Å². The Labute approximate surface area is 197 Å². The maximum absolute atomic E-state index is 13.2. The summed E-state index contributed by atoms with van der Waals surface area (Å²) in [4.78, 5) is 52.5. The van der Waals surface area contributed by atoms with E-state index in [4.69, 9.17) is 10.8 Å². The molecule has 1 aromatic heterocycles. The number of hydrogen-bond acceptors (Lipinski definition) is 6. The quantitative estimate of drug-likeness (QED) is 0.231. The molecule has 2 aromatic rings. The van der Waals surface area contributed by atoms with Gasteiger partial charge >= 0.3 is 5.97 Å². The average molecular weight is 476 g/mol. The van der Waals surface area contributed by atoms with Gasteiger partial charge in [-0.3, -0.25) is 19.2 Å². The number of rotatable bonds is 11. The molecule has 11 heteroatoms. The fourth-order valence-corrected chi connectivity index (χ4v) is 3.32. The summed E-state index contributed by atoms with van der Waals surface area (Å²) >= 11 is 0. The second-order valence-corrected chi connectivity index (χ2v) is 8.69. The highest BCUT2D eigenvalue weighted by Gasteiger charge is 2.32. The first-order valence-electron chi connectivity index (χ1n) is 11.0. The Bertz CT molecular complexity index is 1030. The molecular weight excluding hydrogens is 442 g/mol. The lowest BCUT2D eigenvalue weighted by Crippen LogP contribution is -2.60. The van der Waals surface area contributed by atoms with Crippen molar-refractivity contribution in [3.05, 3.63) is 36.0 Å². The van der Waals surface area contributed by atoms with E-state index in [1.807, 2.05) is 24.3 Å². The molecule has 11 nitrogen and oxygen atoms in total. The van der Waals surface area contributed by atoms with Gasteiger partial charge in [-0.1, -0.05) is 32.0 Å². The second-order valence-electron chi connectivity index (χ2n) is 8.69. The molecule has 3 amide bonds. The Balaban J connectivity index is 2.28. The van der Waals surface area contributed by atoms with E-state index in [-0.39, 0.29) is 12.3 Å². The molecule has 5 unspecified atom stereocenters. The molecule has 0 radical (unpaired) electrons. The van der Waals surface area contributed by atoms with Crippen molar-refractivity contribution in [3.8, 4) is 0 Å². The Kier molecular flexibility index (Phi) is 9.16. The van der Waals surface area contributed by atoms with Gasteiger partial charge in [0.15, 0.2) is 0 Å². The van der Waals surface area contributed by atoms with Crippen LogP contribution in [0, 0.1) is 5.92 Å². The number of aromatic nitrogens is 1. The van der Waals surface area contributed by atoms with Gasteiger partial charge in [0.05, 0.1) is 12.1 Å². The highest BCUT2D eigenvalue weighted by molar-refractivity contribution is 5.95. The zero-order valence-electron chi connectivity index (χ0n) is 19.7. The van der Waals surface area contributed by atoms with E-state index >= 15 is 0 Å². The minimum absolute atomic E-state index is 0.0894. The summed E-state index contributed by atoms with van der Waals surface area (Å²) in [5, 5.41) is 27.3. The normalized spacial score (nSPS) is 15.7. The molecule has 0 spiro atoms. The predicted octanol–water partition coefficient (Wildman–Crippen LogP) is -0.367. The van der Waals surface area contributed by atoms with Crippen LogP contribution in [0.15, 0.2) is 30.5 Å². The van der Waals surface area contributed by atoms with Crippen molar-refractivity contribution in [2.45, 2.75) is 64.4 Å². The molecule has 2 rings (SSSR count). The first-order valence-corrected chi connectivity index (χ1v) is 11.0. The number of aliphatic hydroxyl groups excluding tert-OH is 1. The van der Waals surface area contributed by atoms with Crippen molar-refractivity contribution in [2.75, 3.05) is 0 Å². The second kappa shape index (κ2) is 11.6. The molecule has 34 heavy (non-hydrogen) atoms. The number of hydrogen-bond donors (Lipinski definition) is 7. The standard InChI is InChI=1S/C23H33N5O6/c1-11(2)18(24)21(31)27-17(9-14-10-25-16-8-6-5-7-15(14)16)20(30)28-19(13(4)29)22(32)26-12(3)23(33)34/h5-8,10-13,17-19,25,29H,9,24H2,1-4H3,(H,26,32)(H,27,31)(H,28,30)(H,33,34). The Morgan fingerprint density at radius 1 is 0.971 bits per heavy atom. The van der Waals surface area contributed by atoms with Gasteiger partial charge in [0, 0.05) is 23.5 Å². The van der Waals surface area contributed by atoms with E-state index in [0.29, 0.717) is 0 Å². The van der Waals surface area contributed by atoms with Crippen LogP contribution >= 0.6 is 0 Å². The van der Waals surface area contributed by atoms with Gasteiger partial charge in [-0.05, 0) is 31.4 Å². The zero-order valence-corrected chi connectivity index (χ0v) is 19.7. The molecule has 0 saturated heterocycles. The van der Waals surface area contributed by atoms with Crippen LogP contribution < -0.4 is 21.7 Å². The van der Waals surface area contributed by atoms with E-state index < -0.39 is 54.0 Å². The van der Waals surface area contributed by atoms with Crippen molar-refractivity contribution in [1.82, 2.24) is 20.9 Å². The number of carbonyl (C=O) groups is 4. The highest BCUT2D eigenvalue weighted by atomic mass is 16.4. The number of H-pyrrole nitrogens is 1. The number of carboxylic acid groups (broad SMARTS) is 1. The van der Waals surface area contributed by atoms with Crippen LogP contribution in [0.25, 0.3) is 10.9 Å². The third-order valence-corrected chi connectivity index (χ3v) is 5.54. The molecule has 0 aliphatic rings. The largest absolute Gasteiger partial charge is 0.480 e. The first-order chi connectivity index (χ1) is 15.9. The molecule has 8 N–H and O–H groups in total. The van der Waals surface area contributed by atoms with Crippen LogP contribution in [0.2, 0.25) is 0 Å². The zero-order chi connectivity index (χ0) is 25.6. The van der Waals surface area contributed by atoms with Gasteiger partial charge < -0.3 is 36.9 Å². The average Bonchev–Trinajstić information content (AvgIpc) is 3.18. The van der Waals surface area contributed by atoms with Gasteiger partial charge in [-0.25, -0.2) is 0 Å². The number of amides is 3. The third-order valence-electron chi connectivity index (χ3n) is 5.54. The van der Waals surface area contributed by atoms with Crippen molar-refractivity contribution in [1.29, 1.82) is 0 Å². The maximum atomic E-state index is 13.2. The molecule has 1 aromatic carbocycles. The summed E-state index contributed by atoms with van der Waals surface area (Å²) in [7, 11) is 0. The molecule has 0 aliphatic heterocycles. The molecular formula is C23H33N5O6. The number of aliphatic hydroxyl groups is 1. The number of nitrogens with one attached hydrogen (secondary N) is 4. The van der Waals surface area contributed by atoms with E-state index in [1.165, 1.54) is 13.8 Å². The van der Waals surface area contributed by atoms with E-state index in [9.17, 15) is 24.3 Å². The number of benzene rings is 1. The molecule has 0 aliphatic carbocycles. The van der Waals surface area contributed by atoms with Crippen LogP contribution in [0.1, 0.15) is 33.3 Å². The number of aromatic amines is 1. The van der Waals surface area contributed by atoms with Crippen LogP contribution in [-0.4, -0.2) is 69.2 Å². The summed E-state index contributed by atoms with van der Waals surface area (Å²) < 4.78 is 0. The van der Waals surface area contributed by atoms with Crippen LogP contribution in [-0.2, 0) is 25.6 Å². The minimum atomic E-state index is -1.43.